The zero-order valence-electron chi connectivity index (χ0n) is 8.88. The van der Waals surface area contributed by atoms with Crippen LogP contribution in [-0.4, -0.2) is 14.5 Å². The molecule has 0 amide bonds. The van der Waals surface area contributed by atoms with Crippen LogP contribution in [0.2, 0.25) is 0 Å². The number of nitrogens with one attached hydrogen (secondary N) is 1. The van der Waals surface area contributed by atoms with Gasteiger partial charge >= 0.3 is 0 Å². The van der Waals surface area contributed by atoms with Crippen LogP contribution < -0.4 is 10.9 Å². The number of anilines is 1. The standard InChI is InChI=1S/C10H12N4OS/c1-2-14-4-3-11-9(10(14)15)12-5-8-6-16-7-13-8/h3-4,6-7H,2,5H2,1H3,(H,11,12). The predicted molar refractivity (Wildman–Crippen MR) is 63.6 cm³/mol. The largest absolute Gasteiger partial charge is 0.360 e. The van der Waals surface area contributed by atoms with Crippen molar-refractivity contribution >= 4 is 17.2 Å². The van der Waals surface area contributed by atoms with Gasteiger partial charge in [0.2, 0.25) is 0 Å². The third-order valence-corrected chi connectivity index (χ3v) is 2.81. The molecule has 0 saturated heterocycles. The van der Waals surface area contributed by atoms with Crippen molar-refractivity contribution in [2.75, 3.05) is 5.32 Å². The summed E-state index contributed by atoms with van der Waals surface area (Å²) >= 11 is 1.53. The minimum atomic E-state index is -0.0970. The van der Waals surface area contributed by atoms with Gasteiger partial charge in [-0.1, -0.05) is 0 Å². The van der Waals surface area contributed by atoms with Gasteiger partial charge in [0, 0.05) is 24.3 Å². The Labute approximate surface area is 96.8 Å². The molecule has 1 N–H and O–H groups in total. The van der Waals surface area contributed by atoms with E-state index in [-0.39, 0.29) is 5.56 Å². The van der Waals surface area contributed by atoms with Crippen LogP contribution in [0.25, 0.3) is 0 Å². The fourth-order valence-electron chi connectivity index (χ4n) is 1.32. The lowest BCUT2D eigenvalue weighted by Gasteiger charge is -2.05. The van der Waals surface area contributed by atoms with Gasteiger partial charge < -0.3 is 9.88 Å². The van der Waals surface area contributed by atoms with Gasteiger partial charge in [-0.2, -0.15) is 0 Å². The summed E-state index contributed by atoms with van der Waals surface area (Å²) in [6, 6.07) is 0. The molecular weight excluding hydrogens is 224 g/mol. The highest BCUT2D eigenvalue weighted by atomic mass is 32.1. The van der Waals surface area contributed by atoms with Gasteiger partial charge in [-0.15, -0.1) is 11.3 Å². The van der Waals surface area contributed by atoms with E-state index >= 15 is 0 Å². The van der Waals surface area contributed by atoms with E-state index in [0.29, 0.717) is 18.9 Å². The quantitative estimate of drug-likeness (QED) is 0.870. The van der Waals surface area contributed by atoms with Crippen LogP contribution in [0, 0.1) is 0 Å². The minimum absolute atomic E-state index is 0.0970. The van der Waals surface area contributed by atoms with E-state index in [9.17, 15) is 4.79 Å². The van der Waals surface area contributed by atoms with E-state index in [1.807, 2.05) is 12.3 Å². The highest BCUT2D eigenvalue weighted by Gasteiger charge is 2.03. The number of aryl methyl sites for hydroxylation is 1. The van der Waals surface area contributed by atoms with E-state index in [1.54, 1.807) is 22.5 Å². The molecule has 2 heterocycles. The maximum absolute atomic E-state index is 11.8. The highest BCUT2D eigenvalue weighted by Crippen LogP contribution is 2.03. The summed E-state index contributed by atoms with van der Waals surface area (Å²) in [5.41, 5.74) is 2.58. The molecular formula is C10H12N4OS. The van der Waals surface area contributed by atoms with Crippen LogP contribution >= 0.6 is 11.3 Å². The van der Waals surface area contributed by atoms with Crippen molar-refractivity contribution in [1.82, 2.24) is 14.5 Å². The van der Waals surface area contributed by atoms with Gasteiger partial charge in [0.05, 0.1) is 17.7 Å². The summed E-state index contributed by atoms with van der Waals surface area (Å²) in [4.78, 5) is 19.9. The number of hydrogen-bond acceptors (Lipinski definition) is 5. The van der Waals surface area contributed by atoms with Crippen molar-refractivity contribution in [3.05, 3.63) is 39.3 Å². The lowest BCUT2D eigenvalue weighted by Crippen LogP contribution is -2.23. The molecule has 0 bridgehead atoms. The molecule has 0 fully saturated rings. The molecule has 84 valence electrons. The molecule has 0 aliphatic carbocycles. The second kappa shape index (κ2) is 4.89. The van der Waals surface area contributed by atoms with Gasteiger partial charge in [-0.05, 0) is 6.92 Å². The van der Waals surface area contributed by atoms with Crippen LogP contribution in [0.5, 0.6) is 0 Å². The molecule has 0 spiro atoms. The third-order valence-electron chi connectivity index (χ3n) is 2.17. The van der Waals surface area contributed by atoms with Crippen LogP contribution in [0.15, 0.2) is 28.1 Å². The van der Waals surface area contributed by atoms with Gasteiger partial charge in [0.25, 0.3) is 5.56 Å². The Kier molecular flexibility index (Phi) is 3.31. The Bertz CT molecular complexity index is 506. The SMILES string of the molecule is CCn1ccnc(NCc2cscn2)c1=O. The molecule has 0 aliphatic rings. The average molecular weight is 236 g/mol. The monoisotopic (exact) mass is 236 g/mol. The minimum Gasteiger partial charge on any atom is -0.360 e. The number of nitrogens with zero attached hydrogens (tertiary/aromatic N) is 3. The number of aromatic nitrogens is 3. The first-order chi connectivity index (χ1) is 7.81. The lowest BCUT2D eigenvalue weighted by molar-refractivity contribution is 0.718. The second-order valence-electron chi connectivity index (χ2n) is 3.20. The van der Waals surface area contributed by atoms with Gasteiger partial charge in [-0.3, -0.25) is 4.79 Å². The van der Waals surface area contributed by atoms with E-state index in [2.05, 4.69) is 15.3 Å². The maximum atomic E-state index is 11.8. The topological polar surface area (TPSA) is 59.8 Å². The van der Waals surface area contributed by atoms with E-state index in [0.717, 1.165) is 5.69 Å². The first-order valence-corrected chi connectivity index (χ1v) is 5.92. The molecule has 0 aliphatic heterocycles. The number of rotatable bonds is 4. The van der Waals surface area contributed by atoms with Gasteiger partial charge in [0.15, 0.2) is 5.82 Å². The fourth-order valence-corrected chi connectivity index (χ4v) is 1.88. The summed E-state index contributed by atoms with van der Waals surface area (Å²) in [7, 11) is 0. The van der Waals surface area contributed by atoms with Crippen molar-refractivity contribution < 1.29 is 0 Å². The van der Waals surface area contributed by atoms with Crippen LogP contribution in [0.1, 0.15) is 12.6 Å². The summed E-state index contributed by atoms with van der Waals surface area (Å²) < 4.78 is 1.61. The molecule has 6 heteroatoms. The number of thiazole rings is 1. The summed E-state index contributed by atoms with van der Waals surface area (Å²) in [6.07, 6.45) is 3.30. The van der Waals surface area contributed by atoms with Crippen LogP contribution in [-0.2, 0) is 13.1 Å². The third kappa shape index (κ3) is 2.27. The smallest absolute Gasteiger partial charge is 0.293 e. The second-order valence-corrected chi connectivity index (χ2v) is 3.92. The summed E-state index contributed by atoms with van der Waals surface area (Å²) in [6.45, 7) is 3.10. The number of hydrogen-bond donors (Lipinski definition) is 1. The van der Waals surface area contributed by atoms with Crippen molar-refractivity contribution in [2.45, 2.75) is 20.0 Å². The Balaban J connectivity index is 2.13. The average Bonchev–Trinajstić information content (AvgIpc) is 2.81. The van der Waals surface area contributed by atoms with E-state index in [4.69, 9.17) is 0 Å². The van der Waals surface area contributed by atoms with Crippen LogP contribution in [0.3, 0.4) is 0 Å². The lowest BCUT2D eigenvalue weighted by atomic mass is 10.4. The van der Waals surface area contributed by atoms with Crippen molar-refractivity contribution in [3.63, 3.8) is 0 Å². The Hall–Kier alpha value is -1.69. The van der Waals surface area contributed by atoms with Crippen molar-refractivity contribution in [2.24, 2.45) is 0 Å². The fraction of sp³-hybridized carbons (Fsp3) is 0.300. The molecule has 2 aromatic rings. The van der Waals surface area contributed by atoms with E-state index in [1.165, 1.54) is 11.3 Å². The molecule has 2 rings (SSSR count). The molecule has 0 aromatic carbocycles. The summed E-state index contributed by atoms with van der Waals surface area (Å²) in [5, 5.41) is 4.93. The molecule has 0 radical (unpaired) electrons. The highest BCUT2D eigenvalue weighted by molar-refractivity contribution is 7.07. The normalized spacial score (nSPS) is 10.3. The predicted octanol–water partition coefficient (Wildman–Crippen LogP) is 1.33. The first-order valence-electron chi connectivity index (χ1n) is 4.97. The maximum Gasteiger partial charge on any atom is 0.293 e. The molecule has 0 atom stereocenters. The Morgan fingerprint density at radius 1 is 1.50 bits per heavy atom. The van der Waals surface area contributed by atoms with Gasteiger partial charge in [-0.25, -0.2) is 9.97 Å². The Morgan fingerprint density at radius 2 is 2.38 bits per heavy atom. The molecule has 0 saturated carbocycles. The summed E-state index contributed by atoms with van der Waals surface area (Å²) in [5.74, 6) is 0.373. The zero-order valence-corrected chi connectivity index (χ0v) is 9.70. The Morgan fingerprint density at radius 3 is 3.06 bits per heavy atom. The zero-order chi connectivity index (χ0) is 11.4. The van der Waals surface area contributed by atoms with Crippen molar-refractivity contribution in [1.29, 1.82) is 0 Å². The first kappa shape index (κ1) is 10.8. The van der Waals surface area contributed by atoms with Crippen LogP contribution in [0.4, 0.5) is 5.82 Å². The van der Waals surface area contributed by atoms with Gasteiger partial charge in [0.1, 0.15) is 0 Å². The van der Waals surface area contributed by atoms with Crippen molar-refractivity contribution in [3.8, 4) is 0 Å². The van der Waals surface area contributed by atoms with E-state index < -0.39 is 0 Å². The molecule has 16 heavy (non-hydrogen) atoms. The molecule has 0 unspecified atom stereocenters. The molecule has 5 nitrogen and oxygen atoms in total. The molecule has 2 aromatic heterocycles.